The first-order valence-electron chi connectivity index (χ1n) is 8.83. The topological polar surface area (TPSA) is 62.8 Å². The van der Waals surface area contributed by atoms with Crippen molar-refractivity contribution in [1.29, 1.82) is 0 Å². The van der Waals surface area contributed by atoms with Crippen molar-refractivity contribution in [2.24, 2.45) is 0 Å². The van der Waals surface area contributed by atoms with E-state index in [0.717, 1.165) is 18.7 Å². The molecule has 0 saturated heterocycles. The van der Waals surface area contributed by atoms with Crippen molar-refractivity contribution in [3.63, 3.8) is 0 Å². The third-order valence-corrected chi connectivity index (χ3v) is 4.20. The Labute approximate surface area is 165 Å². The van der Waals surface area contributed by atoms with Gasteiger partial charge >= 0.3 is 6.03 Å². The van der Waals surface area contributed by atoms with Crippen molar-refractivity contribution in [3.05, 3.63) is 53.6 Å². The fraction of sp³-hybridized carbons (Fsp3) is 0.350. The predicted octanol–water partition coefficient (Wildman–Crippen LogP) is 4.01. The molecule has 2 aromatic rings. The standard InChI is InChI=1S/C20H26ClN3O3/c1-24(16-8-4-3-5-9-16)13-7-12-22-20(25)23-18-11-6-10-17(21)19(18)27-15-14-26-2/h3-6,8-11H,7,12-15H2,1-2H3,(H2,22,23,25). The van der Waals surface area contributed by atoms with Crippen molar-refractivity contribution in [2.75, 3.05) is 50.7 Å². The number of para-hydroxylation sites is 2. The maximum Gasteiger partial charge on any atom is 0.319 e. The summed E-state index contributed by atoms with van der Waals surface area (Å²) in [6.45, 7) is 2.18. The summed E-state index contributed by atoms with van der Waals surface area (Å²) in [4.78, 5) is 14.3. The van der Waals surface area contributed by atoms with Crippen LogP contribution in [0.3, 0.4) is 0 Å². The van der Waals surface area contributed by atoms with E-state index in [1.165, 1.54) is 0 Å². The first-order chi connectivity index (χ1) is 13.1. The number of carbonyl (C=O) groups excluding carboxylic acids is 1. The van der Waals surface area contributed by atoms with Gasteiger partial charge in [-0.2, -0.15) is 0 Å². The number of nitrogens with zero attached hydrogens (tertiary/aromatic N) is 1. The van der Waals surface area contributed by atoms with E-state index in [1.54, 1.807) is 25.3 Å². The van der Waals surface area contributed by atoms with Crippen molar-refractivity contribution < 1.29 is 14.3 Å². The minimum absolute atomic E-state index is 0.295. The fourth-order valence-corrected chi connectivity index (χ4v) is 2.71. The number of anilines is 2. The van der Waals surface area contributed by atoms with E-state index in [-0.39, 0.29) is 6.03 Å². The second-order valence-electron chi connectivity index (χ2n) is 5.95. The molecule has 2 rings (SSSR count). The summed E-state index contributed by atoms with van der Waals surface area (Å²) in [6, 6.07) is 15.1. The molecule has 0 radical (unpaired) electrons. The van der Waals surface area contributed by atoms with Gasteiger partial charge in [0.05, 0.1) is 17.3 Å². The van der Waals surface area contributed by atoms with Crippen LogP contribution in [0.25, 0.3) is 0 Å². The van der Waals surface area contributed by atoms with Gasteiger partial charge < -0.3 is 25.0 Å². The number of hydrogen-bond donors (Lipinski definition) is 2. The lowest BCUT2D eigenvalue weighted by atomic mass is 10.3. The first-order valence-corrected chi connectivity index (χ1v) is 9.21. The lowest BCUT2D eigenvalue weighted by Crippen LogP contribution is -2.31. The largest absolute Gasteiger partial charge is 0.487 e. The van der Waals surface area contributed by atoms with Crippen LogP contribution in [0.2, 0.25) is 5.02 Å². The van der Waals surface area contributed by atoms with E-state index in [2.05, 4.69) is 27.7 Å². The molecule has 0 aliphatic rings. The quantitative estimate of drug-likeness (QED) is 0.600. The van der Waals surface area contributed by atoms with E-state index in [4.69, 9.17) is 21.1 Å². The average molecular weight is 392 g/mol. The third-order valence-electron chi connectivity index (χ3n) is 3.90. The zero-order valence-electron chi connectivity index (χ0n) is 15.7. The predicted molar refractivity (Wildman–Crippen MR) is 110 cm³/mol. The zero-order chi connectivity index (χ0) is 19.5. The number of carbonyl (C=O) groups is 1. The van der Waals surface area contributed by atoms with Crippen LogP contribution in [-0.2, 0) is 4.74 Å². The van der Waals surface area contributed by atoms with Gasteiger partial charge in [0.25, 0.3) is 0 Å². The Hall–Kier alpha value is -2.44. The summed E-state index contributed by atoms with van der Waals surface area (Å²) in [5, 5.41) is 6.07. The monoisotopic (exact) mass is 391 g/mol. The molecule has 0 aromatic heterocycles. The molecule has 6 nitrogen and oxygen atoms in total. The summed E-state index contributed by atoms with van der Waals surface area (Å²) >= 11 is 6.17. The number of ether oxygens (including phenoxy) is 2. The molecule has 0 atom stereocenters. The molecule has 0 aliphatic carbocycles. The number of rotatable bonds is 10. The van der Waals surface area contributed by atoms with Crippen LogP contribution < -0.4 is 20.3 Å². The minimum atomic E-state index is -0.295. The smallest absolute Gasteiger partial charge is 0.319 e. The van der Waals surface area contributed by atoms with E-state index in [1.807, 2.05) is 25.2 Å². The Kier molecular flexibility index (Phi) is 8.74. The summed E-state index contributed by atoms with van der Waals surface area (Å²) < 4.78 is 10.6. The SMILES string of the molecule is COCCOc1c(Cl)cccc1NC(=O)NCCCN(C)c1ccccc1. The Morgan fingerprint density at radius 2 is 1.89 bits per heavy atom. The van der Waals surface area contributed by atoms with Crippen LogP contribution in [-0.4, -0.2) is 46.5 Å². The highest BCUT2D eigenvalue weighted by atomic mass is 35.5. The van der Waals surface area contributed by atoms with Crippen LogP contribution >= 0.6 is 11.6 Å². The molecule has 0 aliphatic heterocycles. The maximum absolute atomic E-state index is 12.2. The Bertz CT molecular complexity index is 713. The molecule has 0 fully saturated rings. The molecule has 0 spiro atoms. The van der Waals surface area contributed by atoms with Gasteiger partial charge in [-0.15, -0.1) is 0 Å². The van der Waals surface area contributed by atoms with E-state index in [0.29, 0.717) is 36.2 Å². The van der Waals surface area contributed by atoms with Crippen LogP contribution in [0.15, 0.2) is 48.5 Å². The molecule has 0 unspecified atom stereocenters. The molecule has 2 N–H and O–H groups in total. The highest BCUT2D eigenvalue weighted by Gasteiger charge is 2.11. The molecule has 2 aromatic carbocycles. The number of benzene rings is 2. The van der Waals surface area contributed by atoms with Gasteiger partial charge in [0.15, 0.2) is 5.75 Å². The summed E-state index contributed by atoms with van der Waals surface area (Å²) in [6.07, 6.45) is 0.825. The summed E-state index contributed by atoms with van der Waals surface area (Å²) in [5.74, 6) is 0.440. The highest BCUT2D eigenvalue weighted by Crippen LogP contribution is 2.32. The van der Waals surface area contributed by atoms with Gasteiger partial charge in [0.2, 0.25) is 0 Å². The molecule has 7 heteroatoms. The maximum atomic E-state index is 12.2. The van der Waals surface area contributed by atoms with E-state index >= 15 is 0 Å². The summed E-state index contributed by atoms with van der Waals surface area (Å²) in [5.41, 5.74) is 1.68. The van der Waals surface area contributed by atoms with Crippen molar-refractivity contribution in [2.45, 2.75) is 6.42 Å². The van der Waals surface area contributed by atoms with Crippen LogP contribution in [0.1, 0.15) is 6.42 Å². The molecule has 0 heterocycles. The van der Waals surface area contributed by atoms with Crippen molar-refractivity contribution in [1.82, 2.24) is 5.32 Å². The number of hydrogen-bond acceptors (Lipinski definition) is 4. The van der Waals surface area contributed by atoms with Gasteiger partial charge in [-0.3, -0.25) is 0 Å². The number of amides is 2. The third kappa shape index (κ3) is 7.00. The van der Waals surface area contributed by atoms with Gasteiger partial charge in [-0.1, -0.05) is 35.9 Å². The van der Waals surface area contributed by atoms with Crippen LogP contribution in [0.5, 0.6) is 5.75 Å². The van der Waals surface area contributed by atoms with Gasteiger partial charge in [0, 0.05) is 32.9 Å². The Morgan fingerprint density at radius 3 is 2.63 bits per heavy atom. The molecule has 146 valence electrons. The normalized spacial score (nSPS) is 10.3. The molecule has 2 amide bonds. The van der Waals surface area contributed by atoms with E-state index in [9.17, 15) is 4.79 Å². The zero-order valence-corrected chi connectivity index (χ0v) is 16.5. The highest BCUT2D eigenvalue weighted by molar-refractivity contribution is 6.32. The number of halogens is 1. The number of urea groups is 1. The fourth-order valence-electron chi connectivity index (χ4n) is 2.48. The van der Waals surface area contributed by atoms with Crippen LogP contribution in [0, 0.1) is 0 Å². The van der Waals surface area contributed by atoms with Crippen molar-refractivity contribution >= 4 is 29.0 Å². The van der Waals surface area contributed by atoms with Gasteiger partial charge in [-0.05, 0) is 30.7 Å². The minimum Gasteiger partial charge on any atom is -0.487 e. The lowest BCUT2D eigenvalue weighted by molar-refractivity contribution is 0.146. The lowest BCUT2D eigenvalue weighted by Gasteiger charge is -2.19. The van der Waals surface area contributed by atoms with Gasteiger partial charge in [-0.25, -0.2) is 4.79 Å². The molecule has 0 saturated carbocycles. The number of nitrogens with one attached hydrogen (secondary N) is 2. The van der Waals surface area contributed by atoms with Crippen LogP contribution in [0.4, 0.5) is 16.2 Å². The second kappa shape index (κ2) is 11.3. The second-order valence-corrected chi connectivity index (χ2v) is 6.36. The molecular weight excluding hydrogens is 366 g/mol. The Morgan fingerprint density at radius 1 is 1.11 bits per heavy atom. The van der Waals surface area contributed by atoms with Gasteiger partial charge in [0.1, 0.15) is 6.61 Å². The van der Waals surface area contributed by atoms with Crippen molar-refractivity contribution in [3.8, 4) is 5.75 Å². The number of methoxy groups -OCH3 is 1. The molecular formula is C20H26ClN3O3. The summed E-state index contributed by atoms with van der Waals surface area (Å²) in [7, 11) is 3.63. The molecule has 27 heavy (non-hydrogen) atoms. The molecule has 0 bridgehead atoms. The Balaban J connectivity index is 1.78. The average Bonchev–Trinajstić information content (AvgIpc) is 2.68. The van der Waals surface area contributed by atoms with E-state index < -0.39 is 0 Å². The first kappa shape index (κ1) is 20.9.